The van der Waals surface area contributed by atoms with Gasteiger partial charge in [0.1, 0.15) is 5.69 Å². The van der Waals surface area contributed by atoms with Crippen LogP contribution in [0.25, 0.3) is 17.1 Å². The molecule has 1 N–H and O–H groups in total. The lowest BCUT2D eigenvalue weighted by atomic mass is 10.2. The Labute approximate surface area is 190 Å². The van der Waals surface area contributed by atoms with E-state index in [4.69, 9.17) is 16.0 Å². The monoisotopic (exact) mass is 469 g/mol. The lowest BCUT2D eigenvalue weighted by Crippen LogP contribution is -2.26. The van der Waals surface area contributed by atoms with Gasteiger partial charge in [-0.25, -0.2) is 13.1 Å². The van der Waals surface area contributed by atoms with Crippen LogP contribution >= 0.6 is 11.6 Å². The largest absolute Gasteiger partial charge is 0.463 e. The van der Waals surface area contributed by atoms with E-state index in [0.29, 0.717) is 22.2 Å². The van der Waals surface area contributed by atoms with E-state index in [-0.39, 0.29) is 29.3 Å². The van der Waals surface area contributed by atoms with Gasteiger partial charge in [0.25, 0.3) is 5.91 Å². The summed E-state index contributed by atoms with van der Waals surface area (Å²) < 4.78 is 31.8. The Kier molecular flexibility index (Phi) is 6.43. The van der Waals surface area contributed by atoms with Crippen molar-refractivity contribution in [1.29, 1.82) is 0 Å². The molecule has 2 heterocycles. The molecule has 0 radical (unpaired) electrons. The third kappa shape index (κ3) is 4.92. The smallest absolute Gasteiger partial charge is 0.271 e. The van der Waals surface area contributed by atoms with E-state index >= 15 is 0 Å². The fourth-order valence-electron chi connectivity index (χ4n) is 3.20. The van der Waals surface area contributed by atoms with Gasteiger partial charge in [0, 0.05) is 17.6 Å². The number of rotatable bonds is 8. The third-order valence-corrected chi connectivity index (χ3v) is 6.80. The van der Waals surface area contributed by atoms with Crippen molar-refractivity contribution in [2.45, 2.75) is 11.3 Å². The fraction of sp³-hybridized carbons (Fsp3) is 0.130. The van der Waals surface area contributed by atoms with Crippen LogP contribution in [0.5, 0.6) is 0 Å². The zero-order chi connectivity index (χ0) is 22.6. The van der Waals surface area contributed by atoms with Crippen molar-refractivity contribution in [3.63, 3.8) is 0 Å². The first-order valence-electron chi connectivity index (χ1n) is 9.90. The van der Waals surface area contributed by atoms with Gasteiger partial charge < -0.3 is 9.73 Å². The van der Waals surface area contributed by atoms with Crippen molar-refractivity contribution in [2.75, 3.05) is 12.3 Å². The zero-order valence-corrected chi connectivity index (χ0v) is 18.5. The van der Waals surface area contributed by atoms with Crippen LogP contribution in [0.15, 0.2) is 88.4 Å². The lowest BCUT2D eigenvalue weighted by molar-refractivity contribution is 0.0948. The third-order valence-electron chi connectivity index (χ3n) is 4.75. The molecule has 32 heavy (non-hydrogen) atoms. The summed E-state index contributed by atoms with van der Waals surface area (Å²) in [4.78, 5) is 13.0. The van der Waals surface area contributed by atoms with Crippen molar-refractivity contribution >= 4 is 27.3 Å². The van der Waals surface area contributed by atoms with Gasteiger partial charge in [-0.3, -0.25) is 4.79 Å². The molecule has 0 fully saturated rings. The maximum absolute atomic E-state index is 12.7. The van der Waals surface area contributed by atoms with E-state index in [0.717, 1.165) is 0 Å². The van der Waals surface area contributed by atoms with Gasteiger partial charge in [0.05, 0.1) is 22.6 Å². The standard InChI is InChI=1S/C23H20ClN3O4S/c24-17-7-4-8-18(15-17)27-21(22-11-5-13-31-22)16-20(26-27)23(28)25-12-6-14-32(29,30)19-9-2-1-3-10-19/h1-5,7-11,13,15-16H,6,12,14H2,(H,25,28). The second-order valence-electron chi connectivity index (χ2n) is 7.03. The van der Waals surface area contributed by atoms with Gasteiger partial charge in [-0.2, -0.15) is 5.10 Å². The van der Waals surface area contributed by atoms with E-state index in [9.17, 15) is 13.2 Å². The van der Waals surface area contributed by atoms with E-state index in [1.807, 2.05) is 6.07 Å². The first-order valence-corrected chi connectivity index (χ1v) is 11.9. The molecule has 0 aliphatic rings. The van der Waals surface area contributed by atoms with Crippen LogP contribution in [0.4, 0.5) is 0 Å². The predicted molar refractivity (Wildman–Crippen MR) is 122 cm³/mol. The second-order valence-corrected chi connectivity index (χ2v) is 9.57. The minimum absolute atomic E-state index is 0.0636. The molecule has 0 saturated carbocycles. The molecule has 0 aliphatic heterocycles. The van der Waals surface area contributed by atoms with Gasteiger partial charge in [-0.1, -0.05) is 35.9 Å². The van der Waals surface area contributed by atoms with Crippen LogP contribution < -0.4 is 5.32 Å². The molecule has 7 nitrogen and oxygen atoms in total. The second kappa shape index (κ2) is 9.42. The Morgan fingerprint density at radius 2 is 1.84 bits per heavy atom. The number of nitrogens with one attached hydrogen (secondary N) is 1. The Balaban J connectivity index is 1.46. The highest BCUT2D eigenvalue weighted by molar-refractivity contribution is 7.91. The average Bonchev–Trinajstić information content (AvgIpc) is 3.47. The highest BCUT2D eigenvalue weighted by atomic mass is 35.5. The summed E-state index contributed by atoms with van der Waals surface area (Å²) in [5.74, 6) is 0.0764. The molecule has 4 aromatic rings. The minimum atomic E-state index is -3.39. The molecule has 0 aliphatic carbocycles. The number of aromatic nitrogens is 2. The van der Waals surface area contributed by atoms with Crippen LogP contribution in [0.2, 0.25) is 5.02 Å². The van der Waals surface area contributed by atoms with E-state index in [1.165, 1.54) is 6.26 Å². The van der Waals surface area contributed by atoms with Crippen LogP contribution in [-0.4, -0.2) is 36.4 Å². The average molecular weight is 470 g/mol. The number of carbonyl (C=O) groups excluding carboxylic acids is 1. The molecule has 0 unspecified atom stereocenters. The van der Waals surface area contributed by atoms with Gasteiger partial charge >= 0.3 is 0 Å². The lowest BCUT2D eigenvalue weighted by Gasteiger charge is -2.06. The molecular formula is C23H20ClN3O4S. The topological polar surface area (TPSA) is 94.2 Å². The van der Waals surface area contributed by atoms with Gasteiger partial charge in [0.2, 0.25) is 0 Å². The number of hydrogen-bond donors (Lipinski definition) is 1. The molecule has 2 aromatic heterocycles. The quantitative estimate of drug-likeness (QED) is 0.386. The maximum atomic E-state index is 12.7. The molecule has 0 bridgehead atoms. The summed E-state index contributed by atoms with van der Waals surface area (Å²) in [5.41, 5.74) is 1.45. The SMILES string of the molecule is O=C(NCCCS(=O)(=O)c1ccccc1)c1cc(-c2ccco2)n(-c2cccc(Cl)c2)n1. The summed E-state index contributed by atoms with van der Waals surface area (Å²) in [6, 6.07) is 20.5. The number of nitrogens with zero attached hydrogens (tertiary/aromatic N) is 2. The first kappa shape index (κ1) is 21.9. The summed E-state index contributed by atoms with van der Waals surface area (Å²) in [6.45, 7) is 0.199. The van der Waals surface area contributed by atoms with Crippen LogP contribution in [0.3, 0.4) is 0 Å². The van der Waals surface area contributed by atoms with Gasteiger partial charge in [-0.15, -0.1) is 0 Å². The van der Waals surface area contributed by atoms with Crippen molar-refractivity contribution < 1.29 is 17.6 Å². The number of halogens is 1. The normalized spacial score (nSPS) is 11.4. The summed E-state index contributed by atoms with van der Waals surface area (Å²) >= 11 is 6.11. The number of carbonyl (C=O) groups is 1. The Morgan fingerprint density at radius 1 is 1.03 bits per heavy atom. The molecule has 1 amide bonds. The number of benzene rings is 2. The van der Waals surface area contributed by atoms with Crippen molar-refractivity contribution in [2.24, 2.45) is 0 Å². The molecule has 0 spiro atoms. The Morgan fingerprint density at radius 3 is 2.56 bits per heavy atom. The molecule has 4 rings (SSSR count). The van der Waals surface area contributed by atoms with Crippen LogP contribution in [0, 0.1) is 0 Å². The van der Waals surface area contributed by atoms with Gasteiger partial charge in [0.15, 0.2) is 21.3 Å². The molecule has 0 atom stereocenters. The Bertz CT molecular complexity index is 1320. The minimum Gasteiger partial charge on any atom is -0.463 e. The molecule has 2 aromatic carbocycles. The summed E-state index contributed by atoms with van der Waals surface area (Å²) in [5, 5.41) is 7.69. The van der Waals surface area contributed by atoms with Crippen molar-refractivity contribution in [1.82, 2.24) is 15.1 Å². The molecule has 9 heteroatoms. The van der Waals surface area contributed by atoms with Gasteiger partial charge in [-0.05, 0) is 48.9 Å². The molecule has 0 saturated heterocycles. The first-order chi connectivity index (χ1) is 15.4. The maximum Gasteiger partial charge on any atom is 0.271 e. The van der Waals surface area contributed by atoms with E-state index in [1.54, 1.807) is 71.4 Å². The molecule has 164 valence electrons. The van der Waals surface area contributed by atoms with E-state index < -0.39 is 15.7 Å². The zero-order valence-electron chi connectivity index (χ0n) is 16.9. The number of amides is 1. The Hall–Kier alpha value is -3.36. The van der Waals surface area contributed by atoms with Crippen molar-refractivity contribution in [3.05, 3.63) is 89.8 Å². The highest BCUT2D eigenvalue weighted by Gasteiger charge is 2.19. The van der Waals surface area contributed by atoms with Crippen LogP contribution in [0.1, 0.15) is 16.9 Å². The van der Waals surface area contributed by atoms with Crippen LogP contribution in [-0.2, 0) is 9.84 Å². The fourth-order valence-corrected chi connectivity index (χ4v) is 4.71. The number of sulfone groups is 1. The molecular weight excluding hydrogens is 450 g/mol. The predicted octanol–water partition coefficient (Wildman–Crippen LogP) is 4.38. The summed E-state index contributed by atoms with van der Waals surface area (Å²) in [7, 11) is -3.39. The number of furan rings is 1. The van der Waals surface area contributed by atoms with Crippen molar-refractivity contribution in [3.8, 4) is 17.1 Å². The highest BCUT2D eigenvalue weighted by Crippen LogP contribution is 2.25. The van der Waals surface area contributed by atoms with E-state index in [2.05, 4.69) is 10.4 Å². The summed E-state index contributed by atoms with van der Waals surface area (Å²) in [6.07, 6.45) is 1.82. The number of hydrogen-bond acceptors (Lipinski definition) is 5.